The average Bonchev–Trinajstić information content (AvgIpc) is 2.26. The van der Waals surface area contributed by atoms with E-state index < -0.39 is 12.2 Å². The lowest BCUT2D eigenvalue weighted by molar-refractivity contribution is -0.0801. The summed E-state index contributed by atoms with van der Waals surface area (Å²) in [5.74, 6) is 0.192. The molecule has 2 unspecified atom stereocenters. The minimum absolute atomic E-state index is 0.0405. The summed E-state index contributed by atoms with van der Waals surface area (Å²) in [5.41, 5.74) is -0.0804. The summed E-state index contributed by atoms with van der Waals surface area (Å²) in [7, 11) is 0. The van der Waals surface area contributed by atoms with Crippen LogP contribution < -0.4 is 0 Å². The molecule has 0 aromatic rings. The van der Waals surface area contributed by atoms with Crippen molar-refractivity contribution >= 4 is 0 Å². The van der Waals surface area contributed by atoms with E-state index in [0.717, 1.165) is 12.8 Å². The first kappa shape index (κ1) is 8.52. The summed E-state index contributed by atoms with van der Waals surface area (Å²) in [6.07, 6.45) is 0.671. The molecule has 2 aliphatic carbocycles. The Hall–Kier alpha value is -0.0800. The van der Waals surface area contributed by atoms with Gasteiger partial charge in [0, 0.05) is 5.41 Å². The molecule has 0 saturated heterocycles. The molecule has 0 aromatic heterocycles. The molecular weight excluding hydrogens is 152 g/mol. The average molecular weight is 169 g/mol. The van der Waals surface area contributed by atoms with Gasteiger partial charge in [0.2, 0.25) is 0 Å². The zero-order chi connectivity index (χ0) is 9.15. The van der Waals surface area contributed by atoms with Crippen LogP contribution in [0.5, 0.6) is 0 Å². The minimum Gasteiger partial charge on any atom is -0.390 e. The maximum absolute atomic E-state index is 11.6. The lowest BCUT2D eigenvalue weighted by Gasteiger charge is -2.36. The molecule has 2 heteroatoms. The van der Waals surface area contributed by atoms with Crippen LogP contribution in [0.1, 0.15) is 33.6 Å². The number of rotatable bonds is 0. The van der Waals surface area contributed by atoms with Crippen LogP contribution in [-0.2, 0) is 5.11 Å². The molecule has 1 radical (unpaired) electrons. The highest BCUT2D eigenvalue weighted by atomic mass is 16.3. The summed E-state index contributed by atoms with van der Waals surface area (Å²) >= 11 is 0. The van der Waals surface area contributed by atoms with E-state index in [-0.39, 0.29) is 16.7 Å². The Kier molecular flexibility index (Phi) is 1.45. The van der Waals surface area contributed by atoms with Crippen LogP contribution in [0.25, 0.3) is 0 Å². The van der Waals surface area contributed by atoms with Gasteiger partial charge in [-0.2, -0.15) is 0 Å². The van der Waals surface area contributed by atoms with Crippen LogP contribution in [-0.4, -0.2) is 17.3 Å². The Morgan fingerprint density at radius 3 is 2.17 bits per heavy atom. The number of aliphatic hydroxyl groups is 1. The summed E-state index contributed by atoms with van der Waals surface area (Å²) in [6, 6.07) is 0. The van der Waals surface area contributed by atoms with E-state index in [2.05, 4.69) is 20.8 Å². The van der Waals surface area contributed by atoms with Crippen molar-refractivity contribution in [2.75, 3.05) is 0 Å². The second-order valence-electron chi connectivity index (χ2n) is 5.19. The normalized spacial score (nSPS) is 56.2. The third kappa shape index (κ3) is 0.647. The van der Waals surface area contributed by atoms with Gasteiger partial charge < -0.3 is 5.11 Å². The van der Waals surface area contributed by atoms with Gasteiger partial charge in [-0.3, -0.25) is 0 Å². The van der Waals surface area contributed by atoms with Gasteiger partial charge in [0.05, 0.1) is 6.10 Å². The van der Waals surface area contributed by atoms with Gasteiger partial charge in [-0.05, 0) is 24.2 Å². The first-order valence-corrected chi connectivity index (χ1v) is 4.75. The SMILES string of the molecule is CC1(C)[C@H]2CC[C@]1(C)C(O)C2[O]. The summed E-state index contributed by atoms with van der Waals surface area (Å²) in [6.45, 7) is 6.33. The fourth-order valence-corrected chi connectivity index (χ4v) is 3.25. The second-order valence-corrected chi connectivity index (χ2v) is 5.19. The molecule has 69 valence electrons. The highest BCUT2D eigenvalue weighted by molar-refractivity contribution is 5.14. The van der Waals surface area contributed by atoms with Gasteiger partial charge in [0.25, 0.3) is 0 Å². The number of hydrogen-bond acceptors (Lipinski definition) is 1. The molecule has 1 N–H and O–H groups in total. The van der Waals surface area contributed by atoms with E-state index in [4.69, 9.17) is 0 Å². The number of fused-ring (bicyclic) bond motifs is 2. The van der Waals surface area contributed by atoms with E-state index >= 15 is 0 Å². The van der Waals surface area contributed by atoms with E-state index in [1.807, 2.05) is 0 Å². The van der Waals surface area contributed by atoms with E-state index in [1.165, 1.54) is 0 Å². The molecule has 2 fully saturated rings. The van der Waals surface area contributed by atoms with Gasteiger partial charge in [0.15, 0.2) is 0 Å². The molecule has 2 aliphatic rings. The lowest BCUT2D eigenvalue weighted by Crippen LogP contribution is -2.38. The molecule has 0 spiro atoms. The number of hydrogen-bond donors (Lipinski definition) is 1. The van der Waals surface area contributed by atoms with Gasteiger partial charge in [-0.15, -0.1) is 0 Å². The Morgan fingerprint density at radius 2 is 1.92 bits per heavy atom. The first-order chi connectivity index (χ1) is 5.41. The fourth-order valence-electron chi connectivity index (χ4n) is 3.25. The lowest BCUT2D eigenvalue weighted by atomic mass is 9.70. The Balaban J connectivity index is 2.44. The van der Waals surface area contributed by atoms with E-state index in [9.17, 15) is 10.2 Å². The van der Waals surface area contributed by atoms with Crippen molar-refractivity contribution in [1.29, 1.82) is 0 Å². The smallest absolute Gasteiger partial charge is 0.123 e. The molecule has 4 atom stereocenters. The second kappa shape index (κ2) is 2.05. The molecule has 2 rings (SSSR count). The highest BCUT2D eigenvalue weighted by Crippen LogP contribution is 2.65. The van der Waals surface area contributed by atoms with Crippen LogP contribution in [0.15, 0.2) is 0 Å². The first-order valence-electron chi connectivity index (χ1n) is 4.75. The molecule has 0 amide bonds. The van der Waals surface area contributed by atoms with Crippen molar-refractivity contribution in [3.63, 3.8) is 0 Å². The van der Waals surface area contributed by atoms with Gasteiger partial charge >= 0.3 is 0 Å². The van der Waals surface area contributed by atoms with Crippen molar-refractivity contribution < 1.29 is 10.2 Å². The molecule has 0 aliphatic heterocycles. The van der Waals surface area contributed by atoms with Crippen molar-refractivity contribution in [1.82, 2.24) is 0 Å². The molecule has 0 heterocycles. The standard InChI is InChI=1S/C10H17O2/c1-9(2)6-4-5-10(9,3)8(12)7(6)11/h6-8,12H,4-5H2,1-3H3/t6-,7?,8?,10+/m0/s1. The van der Waals surface area contributed by atoms with Gasteiger partial charge in [0.1, 0.15) is 6.10 Å². The summed E-state index contributed by atoms with van der Waals surface area (Å²) < 4.78 is 0. The van der Waals surface area contributed by atoms with Crippen LogP contribution in [0, 0.1) is 16.7 Å². The summed E-state index contributed by atoms with van der Waals surface area (Å²) in [4.78, 5) is 0. The molecule has 2 bridgehead atoms. The zero-order valence-corrected chi connectivity index (χ0v) is 8.00. The van der Waals surface area contributed by atoms with E-state index in [0.29, 0.717) is 0 Å². The fraction of sp³-hybridized carbons (Fsp3) is 1.00. The minimum atomic E-state index is -0.737. The molecule has 12 heavy (non-hydrogen) atoms. The monoisotopic (exact) mass is 169 g/mol. The third-order valence-corrected chi connectivity index (χ3v) is 4.73. The van der Waals surface area contributed by atoms with Crippen LogP contribution in [0.3, 0.4) is 0 Å². The van der Waals surface area contributed by atoms with Crippen molar-refractivity contribution in [3.8, 4) is 0 Å². The Morgan fingerprint density at radius 1 is 1.33 bits per heavy atom. The predicted octanol–water partition coefficient (Wildman–Crippen LogP) is 1.60. The molecule has 0 aromatic carbocycles. The molecular formula is C10H17O2. The van der Waals surface area contributed by atoms with Crippen LogP contribution in [0.2, 0.25) is 0 Å². The van der Waals surface area contributed by atoms with Crippen LogP contribution >= 0.6 is 0 Å². The van der Waals surface area contributed by atoms with Crippen molar-refractivity contribution in [3.05, 3.63) is 0 Å². The molecule has 2 saturated carbocycles. The zero-order valence-electron chi connectivity index (χ0n) is 8.00. The Bertz CT molecular complexity index is 212. The maximum atomic E-state index is 11.6. The maximum Gasteiger partial charge on any atom is 0.123 e. The van der Waals surface area contributed by atoms with Crippen molar-refractivity contribution in [2.45, 2.75) is 45.8 Å². The molecule has 2 nitrogen and oxygen atoms in total. The predicted molar refractivity (Wildman–Crippen MR) is 45.1 cm³/mol. The van der Waals surface area contributed by atoms with Crippen LogP contribution in [0.4, 0.5) is 0 Å². The quantitative estimate of drug-likeness (QED) is 0.588. The third-order valence-electron chi connectivity index (χ3n) is 4.73. The Labute approximate surface area is 73.6 Å². The van der Waals surface area contributed by atoms with E-state index in [1.54, 1.807) is 0 Å². The number of aliphatic hydroxyl groups excluding tert-OH is 1. The topological polar surface area (TPSA) is 40.1 Å². The van der Waals surface area contributed by atoms with Gasteiger partial charge in [-0.25, -0.2) is 5.11 Å². The van der Waals surface area contributed by atoms with Crippen molar-refractivity contribution in [2.24, 2.45) is 16.7 Å². The highest BCUT2D eigenvalue weighted by Gasteiger charge is 2.66. The summed E-state index contributed by atoms with van der Waals surface area (Å²) in [5, 5.41) is 21.4. The largest absolute Gasteiger partial charge is 0.390 e. The van der Waals surface area contributed by atoms with Gasteiger partial charge in [-0.1, -0.05) is 20.8 Å².